The number of carbonyl (C=O) groups is 1. The lowest BCUT2D eigenvalue weighted by Gasteiger charge is -2.27. The summed E-state index contributed by atoms with van der Waals surface area (Å²) in [7, 11) is 0. The van der Waals surface area contributed by atoms with E-state index in [2.05, 4.69) is 34.0 Å². The summed E-state index contributed by atoms with van der Waals surface area (Å²) in [6.07, 6.45) is 4.90. The molecule has 2 unspecified atom stereocenters. The molecule has 0 saturated heterocycles. The van der Waals surface area contributed by atoms with Crippen LogP contribution in [0.15, 0.2) is 54.2 Å². The van der Waals surface area contributed by atoms with Crippen LogP contribution in [-0.4, -0.2) is 12.0 Å². The number of fused-ring (bicyclic) bond motifs is 3. The fraction of sp³-hybridized carbons (Fsp3) is 0.238. The smallest absolute Gasteiger partial charge is 0.209 e. The molecule has 0 aromatic heterocycles. The number of carboxylic acid groups (broad SMARTS) is 1. The molecule has 124 valence electrons. The fourth-order valence-corrected chi connectivity index (χ4v) is 4.18. The highest BCUT2D eigenvalue weighted by Gasteiger charge is 2.41. The summed E-state index contributed by atoms with van der Waals surface area (Å²) >= 11 is 0. The van der Waals surface area contributed by atoms with E-state index >= 15 is 0 Å². The van der Waals surface area contributed by atoms with Crippen molar-refractivity contribution in [1.29, 1.82) is 0 Å². The molecule has 25 heavy (non-hydrogen) atoms. The van der Waals surface area contributed by atoms with Crippen molar-refractivity contribution in [3.05, 3.63) is 76.8 Å². The minimum absolute atomic E-state index is 0.360. The van der Waals surface area contributed by atoms with Gasteiger partial charge in [0.15, 0.2) is 0 Å². The fourth-order valence-electron chi connectivity index (χ4n) is 4.18. The number of aliphatic carboxylic acids is 1. The molecule has 0 amide bonds. The highest BCUT2D eigenvalue weighted by molar-refractivity contribution is 5.92. The molecule has 1 aliphatic heterocycles. The molecule has 2 atom stereocenters. The molecule has 1 saturated carbocycles. The molecule has 0 N–H and O–H groups in total. The first-order valence-corrected chi connectivity index (χ1v) is 8.48. The molecule has 4 rings (SSSR count). The highest BCUT2D eigenvalue weighted by atomic mass is 16.4. The molecule has 1 fully saturated rings. The Morgan fingerprint density at radius 2 is 2.00 bits per heavy atom. The average molecular weight is 329 g/mol. The lowest BCUT2D eigenvalue weighted by Crippen LogP contribution is -2.26. The van der Waals surface area contributed by atoms with Crippen molar-refractivity contribution in [2.75, 3.05) is 4.90 Å². The van der Waals surface area contributed by atoms with Crippen molar-refractivity contribution >= 4 is 23.4 Å². The predicted octanol–water partition coefficient (Wildman–Crippen LogP) is 3.48. The molecule has 0 radical (unpaired) electrons. The summed E-state index contributed by atoms with van der Waals surface area (Å²) in [5.41, 5.74) is 4.02. The van der Waals surface area contributed by atoms with Gasteiger partial charge in [-0.05, 0) is 48.2 Å². The quantitative estimate of drug-likeness (QED) is 0.640. The summed E-state index contributed by atoms with van der Waals surface area (Å²) in [6, 6.07) is 16.8. The number of carboxylic acids is 1. The van der Waals surface area contributed by atoms with E-state index in [9.17, 15) is 9.90 Å². The Hall–Kier alpha value is -3.06. The Morgan fingerprint density at radius 1 is 1.20 bits per heavy atom. The van der Waals surface area contributed by atoms with E-state index in [0.29, 0.717) is 12.0 Å². The summed E-state index contributed by atoms with van der Waals surface area (Å²) in [5, 5.41) is 11.0. The van der Waals surface area contributed by atoms with Crippen molar-refractivity contribution in [1.82, 2.24) is 0 Å². The van der Waals surface area contributed by atoms with Crippen molar-refractivity contribution in [2.45, 2.75) is 31.2 Å². The number of hydrogen-bond donors (Lipinski definition) is 0. The summed E-state index contributed by atoms with van der Waals surface area (Å²) in [6.45, 7) is 6.98. The molecule has 2 aliphatic rings. The van der Waals surface area contributed by atoms with Crippen LogP contribution in [0.3, 0.4) is 0 Å². The lowest BCUT2D eigenvalue weighted by atomic mass is 9.96. The maximum Gasteiger partial charge on any atom is 0.209 e. The first kappa shape index (κ1) is 15.5. The molecule has 2 aromatic rings. The van der Waals surface area contributed by atoms with Crippen molar-refractivity contribution in [3.63, 3.8) is 0 Å². The van der Waals surface area contributed by atoms with Crippen LogP contribution in [0.4, 0.5) is 11.4 Å². The van der Waals surface area contributed by atoms with Gasteiger partial charge < -0.3 is 14.8 Å². The summed E-state index contributed by atoms with van der Waals surface area (Å²) in [5.74, 6) is -0.969. The molecule has 4 heteroatoms. The van der Waals surface area contributed by atoms with Crippen LogP contribution < -0.4 is 10.0 Å². The molecular weight excluding hydrogens is 312 g/mol. The maximum atomic E-state index is 11.0. The number of anilines is 2. The van der Waals surface area contributed by atoms with Gasteiger partial charge in [-0.15, -0.1) is 0 Å². The molecule has 2 aromatic carbocycles. The van der Waals surface area contributed by atoms with E-state index < -0.39 is 5.97 Å². The molecule has 1 aliphatic carbocycles. The van der Waals surface area contributed by atoms with Gasteiger partial charge in [0.25, 0.3) is 0 Å². The Labute approximate surface area is 146 Å². The van der Waals surface area contributed by atoms with E-state index in [4.69, 9.17) is 6.57 Å². The first-order valence-electron chi connectivity index (χ1n) is 8.48. The van der Waals surface area contributed by atoms with Gasteiger partial charge in [-0.25, -0.2) is 4.85 Å². The second-order valence-electron chi connectivity index (χ2n) is 6.56. The molecule has 0 spiro atoms. The number of nitrogens with zero attached hydrogens (tertiary/aromatic N) is 2. The van der Waals surface area contributed by atoms with Crippen molar-refractivity contribution in [2.24, 2.45) is 0 Å². The second kappa shape index (κ2) is 6.10. The monoisotopic (exact) mass is 329 g/mol. The lowest BCUT2D eigenvalue weighted by molar-refractivity contribution is -0.298. The molecule has 0 bridgehead atoms. The number of benzene rings is 2. The van der Waals surface area contributed by atoms with Gasteiger partial charge in [0.2, 0.25) is 5.70 Å². The zero-order valence-corrected chi connectivity index (χ0v) is 13.7. The minimum atomic E-state index is -1.43. The first-order chi connectivity index (χ1) is 12.2. The summed E-state index contributed by atoms with van der Waals surface area (Å²) < 4.78 is 0. The molecule has 1 heterocycles. The zero-order chi connectivity index (χ0) is 17.4. The highest BCUT2D eigenvalue weighted by Crippen LogP contribution is 2.52. The van der Waals surface area contributed by atoms with Crippen molar-refractivity contribution < 1.29 is 9.90 Å². The largest absolute Gasteiger partial charge is 0.558 e. The molecular formula is C21H17N2O2-. The SMILES string of the molecule is [C-]#[N+]/C(=C\c1ccc2c(c1)C1CCCC1N2c1ccccc1)C(=O)[O-]. The van der Waals surface area contributed by atoms with Gasteiger partial charge in [-0.1, -0.05) is 36.8 Å². The summed E-state index contributed by atoms with van der Waals surface area (Å²) in [4.78, 5) is 16.4. The second-order valence-corrected chi connectivity index (χ2v) is 6.56. The van der Waals surface area contributed by atoms with E-state index in [1.165, 1.54) is 29.4 Å². The Balaban J connectivity index is 1.79. The van der Waals surface area contributed by atoms with Gasteiger partial charge >= 0.3 is 0 Å². The predicted molar refractivity (Wildman–Crippen MR) is 95.0 cm³/mol. The van der Waals surface area contributed by atoms with Crippen molar-refractivity contribution in [3.8, 4) is 0 Å². The average Bonchev–Trinajstić information content (AvgIpc) is 3.20. The van der Waals surface area contributed by atoms with E-state index in [-0.39, 0.29) is 5.70 Å². The number of hydrogen-bond acceptors (Lipinski definition) is 3. The standard InChI is InChI=1S/C21H18N2O2/c1-22-18(21(24)25)13-14-10-11-20-17(12-14)16-8-5-9-19(16)23(20)15-6-3-2-4-7-15/h2-4,6-7,10-13,16,19H,5,8-9H2,(H,24,25)/p-1/b18-13-. The van der Waals surface area contributed by atoms with Gasteiger partial charge in [0, 0.05) is 23.3 Å². The molecule has 4 nitrogen and oxygen atoms in total. The Bertz CT molecular complexity index is 896. The Morgan fingerprint density at radius 3 is 2.72 bits per heavy atom. The van der Waals surface area contributed by atoms with Crippen LogP contribution in [0.1, 0.15) is 36.3 Å². The van der Waals surface area contributed by atoms with Crippen LogP contribution in [0, 0.1) is 6.57 Å². The normalized spacial score (nSPS) is 21.6. The number of carbonyl (C=O) groups excluding carboxylic acids is 1. The maximum absolute atomic E-state index is 11.0. The van der Waals surface area contributed by atoms with Gasteiger partial charge in [0.05, 0.1) is 12.5 Å². The topological polar surface area (TPSA) is 47.7 Å². The van der Waals surface area contributed by atoms with Gasteiger partial charge in [-0.2, -0.15) is 0 Å². The zero-order valence-electron chi connectivity index (χ0n) is 13.7. The number of rotatable bonds is 3. The minimum Gasteiger partial charge on any atom is -0.558 e. The van der Waals surface area contributed by atoms with Crippen LogP contribution in [0.25, 0.3) is 10.9 Å². The third-order valence-corrected chi connectivity index (χ3v) is 5.19. The number of para-hydroxylation sites is 1. The van der Waals surface area contributed by atoms with E-state index in [1.54, 1.807) is 0 Å². The van der Waals surface area contributed by atoms with Crippen LogP contribution in [-0.2, 0) is 4.79 Å². The van der Waals surface area contributed by atoms with Crippen LogP contribution >= 0.6 is 0 Å². The van der Waals surface area contributed by atoms with Crippen LogP contribution in [0.5, 0.6) is 0 Å². The third kappa shape index (κ3) is 2.58. The van der Waals surface area contributed by atoms with E-state index in [0.717, 1.165) is 18.4 Å². The van der Waals surface area contributed by atoms with Crippen LogP contribution in [0.2, 0.25) is 0 Å². The Kier molecular flexibility index (Phi) is 3.77. The van der Waals surface area contributed by atoms with E-state index in [1.807, 2.05) is 24.3 Å². The van der Waals surface area contributed by atoms with Gasteiger partial charge in [0.1, 0.15) is 0 Å². The van der Waals surface area contributed by atoms with Gasteiger partial charge in [-0.3, -0.25) is 0 Å². The third-order valence-electron chi connectivity index (χ3n) is 5.19.